The predicted octanol–water partition coefficient (Wildman–Crippen LogP) is 4.36. The van der Waals surface area contributed by atoms with Gasteiger partial charge in [0.15, 0.2) is 0 Å². The van der Waals surface area contributed by atoms with Crippen molar-refractivity contribution in [3.8, 4) is 0 Å². The van der Waals surface area contributed by atoms with Crippen LogP contribution in [0.5, 0.6) is 0 Å². The maximum Gasteiger partial charge on any atom is 0.00655 e. The standard InChI is InChI=1S/C13H17Br/c14-10-12-8-4-5-9-13(12)11-6-2-1-3-7-11/h1-3,6-7,12-13H,4-5,8-10H2/t12-,13-/m1/s1. The summed E-state index contributed by atoms with van der Waals surface area (Å²) in [5, 5.41) is 1.16. The van der Waals surface area contributed by atoms with Gasteiger partial charge in [0.05, 0.1) is 0 Å². The maximum absolute atomic E-state index is 3.65. The van der Waals surface area contributed by atoms with Crippen LogP contribution in [-0.2, 0) is 0 Å². The molecule has 0 heterocycles. The van der Waals surface area contributed by atoms with Crippen molar-refractivity contribution < 1.29 is 0 Å². The third kappa shape index (κ3) is 2.20. The van der Waals surface area contributed by atoms with Crippen molar-refractivity contribution in [3.63, 3.8) is 0 Å². The van der Waals surface area contributed by atoms with E-state index in [4.69, 9.17) is 0 Å². The average Bonchev–Trinajstić information content (AvgIpc) is 2.30. The number of hydrogen-bond donors (Lipinski definition) is 0. The van der Waals surface area contributed by atoms with Crippen LogP contribution < -0.4 is 0 Å². The van der Waals surface area contributed by atoms with Crippen molar-refractivity contribution in [2.45, 2.75) is 31.6 Å². The molecule has 1 aromatic rings. The van der Waals surface area contributed by atoms with E-state index in [1.807, 2.05) is 0 Å². The first-order valence-electron chi connectivity index (χ1n) is 5.52. The van der Waals surface area contributed by atoms with Crippen LogP contribution >= 0.6 is 15.9 Å². The molecule has 1 heteroatoms. The Labute approximate surface area is 94.8 Å². The Hall–Kier alpha value is -0.300. The Kier molecular flexibility index (Phi) is 3.63. The fraction of sp³-hybridized carbons (Fsp3) is 0.538. The predicted molar refractivity (Wildman–Crippen MR) is 64.9 cm³/mol. The van der Waals surface area contributed by atoms with Gasteiger partial charge in [-0.05, 0) is 30.2 Å². The van der Waals surface area contributed by atoms with E-state index < -0.39 is 0 Å². The van der Waals surface area contributed by atoms with Crippen LogP contribution in [-0.4, -0.2) is 5.33 Å². The third-order valence-corrected chi connectivity index (χ3v) is 4.17. The molecule has 1 fully saturated rings. The van der Waals surface area contributed by atoms with Gasteiger partial charge in [-0.25, -0.2) is 0 Å². The molecule has 76 valence electrons. The minimum Gasteiger partial charge on any atom is -0.0925 e. The highest BCUT2D eigenvalue weighted by Crippen LogP contribution is 2.38. The topological polar surface area (TPSA) is 0 Å². The summed E-state index contributed by atoms with van der Waals surface area (Å²) in [5.41, 5.74) is 1.54. The number of hydrogen-bond acceptors (Lipinski definition) is 0. The van der Waals surface area contributed by atoms with Gasteiger partial charge in [-0.3, -0.25) is 0 Å². The molecule has 0 N–H and O–H groups in total. The molecule has 0 aromatic heterocycles. The Morgan fingerprint density at radius 2 is 1.79 bits per heavy atom. The summed E-state index contributed by atoms with van der Waals surface area (Å²) < 4.78 is 0. The Balaban J connectivity index is 2.15. The van der Waals surface area contributed by atoms with Gasteiger partial charge in [0.2, 0.25) is 0 Å². The van der Waals surface area contributed by atoms with E-state index >= 15 is 0 Å². The number of rotatable bonds is 2. The van der Waals surface area contributed by atoms with E-state index in [9.17, 15) is 0 Å². The van der Waals surface area contributed by atoms with E-state index in [1.54, 1.807) is 0 Å². The fourth-order valence-corrected chi connectivity index (χ4v) is 3.31. The minimum absolute atomic E-state index is 0.796. The first-order valence-corrected chi connectivity index (χ1v) is 6.65. The van der Waals surface area contributed by atoms with E-state index in [2.05, 4.69) is 46.3 Å². The third-order valence-electron chi connectivity index (χ3n) is 3.33. The minimum atomic E-state index is 0.796. The molecule has 0 saturated heterocycles. The quantitative estimate of drug-likeness (QED) is 0.687. The van der Waals surface area contributed by atoms with E-state index in [0.29, 0.717) is 0 Å². The van der Waals surface area contributed by atoms with E-state index in [1.165, 1.54) is 31.2 Å². The second-order valence-corrected chi connectivity index (χ2v) is 4.86. The SMILES string of the molecule is BrC[C@H]1CCCC[C@@H]1c1ccccc1. The zero-order valence-corrected chi connectivity index (χ0v) is 10.0. The maximum atomic E-state index is 3.65. The van der Waals surface area contributed by atoms with Crippen LogP contribution in [0, 0.1) is 5.92 Å². The van der Waals surface area contributed by atoms with Crippen molar-refractivity contribution in [2.24, 2.45) is 5.92 Å². The molecule has 2 rings (SSSR count). The molecule has 1 saturated carbocycles. The summed E-state index contributed by atoms with van der Waals surface area (Å²) in [4.78, 5) is 0. The first-order chi connectivity index (χ1) is 6.92. The second kappa shape index (κ2) is 4.97. The van der Waals surface area contributed by atoms with Crippen molar-refractivity contribution in [2.75, 3.05) is 5.33 Å². The van der Waals surface area contributed by atoms with E-state index in [0.717, 1.165) is 17.2 Å². The van der Waals surface area contributed by atoms with Crippen LogP contribution in [0.3, 0.4) is 0 Å². The van der Waals surface area contributed by atoms with Crippen molar-refractivity contribution in [1.29, 1.82) is 0 Å². The fourth-order valence-electron chi connectivity index (χ4n) is 2.53. The summed E-state index contributed by atoms with van der Waals surface area (Å²) in [5.74, 6) is 1.65. The Morgan fingerprint density at radius 3 is 2.50 bits per heavy atom. The number of benzene rings is 1. The highest BCUT2D eigenvalue weighted by molar-refractivity contribution is 9.09. The van der Waals surface area contributed by atoms with Gasteiger partial charge in [-0.15, -0.1) is 0 Å². The zero-order chi connectivity index (χ0) is 9.80. The molecule has 0 spiro atoms. The molecule has 1 aromatic carbocycles. The Morgan fingerprint density at radius 1 is 1.07 bits per heavy atom. The lowest BCUT2D eigenvalue weighted by atomic mass is 9.76. The van der Waals surface area contributed by atoms with Crippen molar-refractivity contribution in [1.82, 2.24) is 0 Å². The molecule has 1 aliphatic rings. The van der Waals surface area contributed by atoms with Crippen LogP contribution in [0.25, 0.3) is 0 Å². The summed E-state index contributed by atoms with van der Waals surface area (Å²) in [6, 6.07) is 11.0. The van der Waals surface area contributed by atoms with Crippen LogP contribution in [0.4, 0.5) is 0 Å². The molecule has 2 atom stereocenters. The summed E-state index contributed by atoms with van der Waals surface area (Å²) in [6.07, 6.45) is 5.59. The summed E-state index contributed by atoms with van der Waals surface area (Å²) in [6.45, 7) is 0. The van der Waals surface area contributed by atoms with Gasteiger partial charge in [0.1, 0.15) is 0 Å². The van der Waals surface area contributed by atoms with Crippen LogP contribution in [0.2, 0.25) is 0 Å². The molecular formula is C13H17Br. The van der Waals surface area contributed by atoms with Gasteiger partial charge in [-0.1, -0.05) is 59.1 Å². The second-order valence-electron chi connectivity index (χ2n) is 4.22. The van der Waals surface area contributed by atoms with Gasteiger partial charge in [-0.2, -0.15) is 0 Å². The summed E-state index contributed by atoms with van der Waals surface area (Å²) in [7, 11) is 0. The van der Waals surface area contributed by atoms with E-state index in [-0.39, 0.29) is 0 Å². The number of alkyl halides is 1. The normalized spacial score (nSPS) is 27.5. The largest absolute Gasteiger partial charge is 0.0925 e. The van der Waals surface area contributed by atoms with Gasteiger partial charge >= 0.3 is 0 Å². The van der Waals surface area contributed by atoms with Gasteiger partial charge in [0.25, 0.3) is 0 Å². The highest BCUT2D eigenvalue weighted by atomic mass is 79.9. The molecule has 0 nitrogen and oxygen atoms in total. The molecular weight excluding hydrogens is 236 g/mol. The van der Waals surface area contributed by atoms with Gasteiger partial charge < -0.3 is 0 Å². The van der Waals surface area contributed by atoms with Gasteiger partial charge in [0, 0.05) is 5.33 Å². The average molecular weight is 253 g/mol. The lowest BCUT2D eigenvalue weighted by molar-refractivity contribution is 0.337. The molecule has 0 amide bonds. The highest BCUT2D eigenvalue weighted by Gasteiger charge is 2.24. The summed E-state index contributed by atoms with van der Waals surface area (Å²) >= 11 is 3.65. The van der Waals surface area contributed by atoms with Crippen LogP contribution in [0.1, 0.15) is 37.2 Å². The monoisotopic (exact) mass is 252 g/mol. The molecule has 14 heavy (non-hydrogen) atoms. The van der Waals surface area contributed by atoms with Crippen LogP contribution in [0.15, 0.2) is 30.3 Å². The molecule has 0 radical (unpaired) electrons. The van der Waals surface area contributed by atoms with Crippen molar-refractivity contribution in [3.05, 3.63) is 35.9 Å². The Bertz CT molecular complexity index is 268. The molecule has 0 aliphatic heterocycles. The number of halogens is 1. The van der Waals surface area contributed by atoms with Crippen molar-refractivity contribution >= 4 is 15.9 Å². The molecule has 0 unspecified atom stereocenters. The molecule has 1 aliphatic carbocycles. The smallest absolute Gasteiger partial charge is 0.00655 e. The first kappa shape index (κ1) is 10.2. The molecule has 0 bridgehead atoms. The lowest BCUT2D eigenvalue weighted by Crippen LogP contribution is -2.18. The lowest BCUT2D eigenvalue weighted by Gasteiger charge is -2.30. The zero-order valence-electron chi connectivity index (χ0n) is 8.45.